The Bertz CT molecular complexity index is 366. The molecule has 2 rings (SSSR count). The van der Waals surface area contributed by atoms with Crippen LogP contribution in [0.3, 0.4) is 0 Å². The molecule has 2 nitrogen and oxygen atoms in total. The molecule has 0 atom stereocenters. The number of halogens is 2. The first-order valence-electron chi connectivity index (χ1n) is 4.86. The Balaban J connectivity index is 1.96. The molecule has 1 N–H and O–H groups in total. The van der Waals surface area contributed by atoms with Crippen molar-refractivity contribution in [2.24, 2.45) is 5.41 Å². The normalized spacial score (nSPS) is 18.3. The van der Waals surface area contributed by atoms with Crippen molar-refractivity contribution in [2.45, 2.75) is 6.92 Å². The van der Waals surface area contributed by atoms with Crippen LogP contribution in [0.5, 0.6) is 0 Å². The van der Waals surface area contributed by atoms with Crippen LogP contribution in [0.15, 0.2) is 18.2 Å². The number of benzene rings is 1. The minimum absolute atomic E-state index is 0.152. The van der Waals surface area contributed by atoms with Gasteiger partial charge < -0.3 is 10.1 Å². The molecular formula is C11H13ClFNO. The van der Waals surface area contributed by atoms with E-state index in [4.69, 9.17) is 16.3 Å². The van der Waals surface area contributed by atoms with Crippen LogP contribution in [-0.2, 0) is 4.74 Å². The van der Waals surface area contributed by atoms with Gasteiger partial charge in [-0.25, -0.2) is 4.39 Å². The SMILES string of the molecule is CC1(CNc2ccc(Cl)c(F)c2)COC1. The summed E-state index contributed by atoms with van der Waals surface area (Å²) in [6.07, 6.45) is 0. The van der Waals surface area contributed by atoms with Crippen molar-refractivity contribution in [3.63, 3.8) is 0 Å². The van der Waals surface area contributed by atoms with Crippen LogP contribution in [0.1, 0.15) is 6.92 Å². The van der Waals surface area contributed by atoms with E-state index in [0.29, 0.717) is 0 Å². The van der Waals surface area contributed by atoms with Gasteiger partial charge in [0.05, 0.1) is 18.2 Å². The van der Waals surface area contributed by atoms with Gasteiger partial charge in [-0.15, -0.1) is 0 Å². The highest BCUT2D eigenvalue weighted by atomic mass is 35.5. The smallest absolute Gasteiger partial charge is 0.143 e. The van der Waals surface area contributed by atoms with Gasteiger partial charge in [0.25, 0.3) is 0 Å². The molecule has 0 bridgehead atoms. The number of nitrogens with one attached hydrogen (secondary N) is 1. The zero-order valence-corrected chi connectivity index (χ0v) is 9.27. The molecule has 1 saturated heterocycles. The fourth-order valence-corrected chi connectivity index (χ4v) is 1.59. The first-order chi connectivity index (χ1) is 7.09. The van der Waals surface area contributed by atoms with Crippen molar-refractivity contribution < 1.29 is 9.13 Å². The summed E-state index contributed by atoms with van der Waals surface area (Å²) in [4.78, 5) is 0. The Kier molecular flexibility index (Phi) is 2.85. The van der Waals surface area contributed by atoms with E-state index < -0.39 is 5.82 Å². The minimum atomic E-state index is -0.392. The lowest BCUT2D eigenvalue weighted by atomic mass is 9.89. The highest BCUT2D eigenvalue weighted by Gasteiger charge is 2.32. The van der Waals surface area contributed by atoms with E-state index in [0.717, 1.165) is 25.4 Å². The molecule has 1 aliphatic rings. The predicted molar refractivity (Wildman–Crippen MR) is 58.8 cm³/mol. The molecule has 1 aromatic rings. The van der Waals surface area contributed by atoms with Gasteiger partial charge in [0, 0.05) is 17.6 Å². The Morgan fingerprint density at radius 3 is 2.80 bits per heavy atom. The zero-order chi connectivity index (χ0) is 10.9. The fourth-order valence-electron chi connectivity index (χ4n) is 1.47. The third-order valence-corrected chi connectivity index (χ3v) is 2.85. The van der Waals surface area contributed by atoms with Crippen molar-refractivity contribution in [3.8, 4) is 0 Å². The summed E-state index contributed by atoms with van der Waals surface area (Å²) in [5.74, 6) is -0.392. The summed E-state index contributed by atoms with van der Waals surface area (Å²) in [6.45, 7) is 4.44. The molecule has 15 heavy (non-hydrogen) atoms. The molecule has 1 aliphatic heterocycles. The molecule has 4 heteroatoms. The Morgan fingerprint density at radius 1 is 1.53 bits per heavy atom. The maximum Gasteiger partial charge on any atom is 0.143 e. The lowest BCUT2D eigenvalue weighted by Gasteiger charge is -2.38. The summed E-state index contributed by atoms with van der Waals surface area (Å²) in [6, 6.07) is 4.73. The van der Waals surface area contributed by atoms with Crippen molar-refractivity contribution in [1.82, 2.24) is 0 Å². The molecule has 1 aromatic carbocycles. The molecule has 0 unspecified atom stereocenters. The molecule has 0 amide bonds. The third kappa shape index (κ3) is 2.41. The molecule has 0 radical (unpaired) electrons. The summed E-state index contributed by atoms with van der Waals surface area (Å²) >= 11 is 5.59. The second kappa shape index (κ2) is 3.99. The predicted octanol–water partition coefficient (Wildman–Crippen LogP) is 2.93. The highest BCUT2D eigenvalue weighted by Crippen LogP contribution is 2.27. The number of hydrogen-bond acceptors (Lipinski definition) is 2. The van der Waals surface area contributed by atoms with E-state index in [2.05, 4.69) is 12.2 Å². The second-order valence-electron chi connectivity index (χ2n) is 4.29. The van der Waals surface area contributed by atoms with Gasteiger partial charge in [-0.2, -0.15) is 0 Å². The Hall–Kier alpha value is -0.800. The molecule has 0 saturated carbocycles. The molecule has 1 heterocycles. The van der Waals surface area contributed by atoms with Crippen LogP contribution >= 0.6 is 11.6 Å². The number of ether oxygens (including phenoxy) is 1. The average Bonchev–Trinajstić information content (AvgIpc) is 2.17. The average molecular weight is 230 g/mol. The molecule has 0 aromatic heterocycles. The highest BCUT2D eigenvalue weighted by molar-refractivity contribution is 6.30. The lowest BCUT2D eigenvalue weighted by molar-refractivity contribution is -0.0924. The van der Waals surface area contributed by atoms with Gasteiger partial charge in [0.2, 0.25) is 0 Å². The van der Waals surface area contributed by atoms with Gasteiger partial charge in [-0.1, -0.05) is 18.5 Å². The van der Waals surface area contributed by atoms with Gasteiger partial charge in [0.1, 0.15) is 5.82 Å². The largest absolute Gasteiger partial charge is 0.384 e. The molecule has 0 spiro atoms. The van der Waals surface area contributed by atoms with E-state index in [1.165, 1.54) is 6.07 Å². The fraction of sp³-hybridized carbons (Fsp3) is 0.455. The monoisotopic (exact) mass is 229 g/mol. The summed E-state index contributed by atoms with van der Waals surface area (Å²) in [5, 5.41) is 3.33. The Morgan fingerprint density at radius 2 is 2.27 bits per heavy atom. The molecule has 0 aliphatic carbocycles. The molecule has 1 fully saturated rings. The second-order valence-corrected chi connectivity index (χ2v) is 4.69. The zero-order valence-electron chi connectivity index (χ0n) is 8.52. The third-order valence-electron chi connectivity index (χ3n) is 2.54. The van der Waals surface area contributed by atoms with Crippen LogP contribution in [-0.4, -0.2) is 19.8 Å². The maximum absolute atomic E-state index is 13.1. The standard InChI is InChI=1S/C11H13ClFNO/c1-11(6-15-7-11)5-14-8-2-3-9(12)10(13)4-8/h2-4,14H,5-7H2,1H3. The van der Waals surface area contributed by atoms with E-state index >= 15 is 0 Å². The first-order valence-corrected chi connectivity index (χ1v) is 5.24. The maximum atomic E-state index is 13.1. The first kappa shape index (κ1) is 10.7. The lowest BCUT2D eigenvalue weighted by Crippen LogP contribution is -2.45. The van der Waals surface area contributed by atoms with Gasteiger partial charge in [0.15, 0.2) is 0 Å². The summed E-state index contributed by atoms with van der Waals surface area (Å²) < 4.78 is 18.2. The van der Waals surface area contributed by atoms with Crippen molar-refractivity contribution >= 4 is 17.3 Å². The number of rotatable bonds is 3. The van der Waals surface area contributed by atoms with E-state index in [-0.39, 0.29) is 10.4 Å². The van der Waals surface area contributed by atoms with Crippen molar-refractivity contribution in [3.05, 3.63) is 29.0 Å². The van der Waals surface area contributed by atoms with Crippen LogP contribution in [0, 0.1) is 11.2 Å². The Labute approximate surface area is 93.4 Å². The van der Waals surface area contributed by atoms with Crippen molar-refractivity contribution in [2.75, 3.05) is 25.1 Å². The van der Waals surface area contributed by atoms with E-state index in [1.54, 1.807) is 12.1 Å². The van der Waals surface area contributed by atoms with Crippen LogP contribution < -0.4 is 5.32 Å². The number of hydrogen-bond donors (Lipinski definition) is 1. The summed E-state index contributed by atoms with van der Waals surface area (Å²) in [7, 11) is 0. The number of anilines is 1. The van der Waals surface area contributed by atoms with Gasteiger partial charge in [-0.05, 0) is 18.2 Å². The van der Waals surface area contributed by atoms with E-state index in [1.807, 2.05) is 0 Å². The topological polar surface area (TPSA) is 21.3 Å². The van der Waals surface area contributed by atoms with Gasteiger partial charge in [-0.3, -0.25) is 0 Å². The van der Waals surface area contributed by atoms with E-state index in [9.17, 15) is 4.39 Å². The minimum Gasteiger partial charge on any atom is -0.384 e. The molecule has 82 valence electrons. The quantitative estimate of drug-likeness (QED) is 0.861. The molecular weight excluding hydrogens is 217 g/mol. The summed E-state index contributed by atoms with van der Waals surface area (Å²) in [5.41, 5.74) is 0.931. The van der Waals surface area contributed by atoms with Crippen LogP contribution in [0.2, 0.25) is 5.02 Å². The van der Waals surface area contributed by atoms with Crippen LogP contribution in [0.25, 0.3) is 0 Å². The van der Waals surface area contributed by atoms with Gasteiger partial charge >= 0.3 is 0 Å². The van der Waals surface area contributed by atoms with Crippen LogP contribution in [0.4, 0.5) is 10.1 Å². The van der Waals surface area contributed by atoms with Crippen molar-refractivity contribution in [1.29, 1.82) is 0 Å².